The number of hydrogen-bond acceptors (Lipinski definition) is 3. The van der Waals surface area contributed by atoms with Crippen LogP contribution in [0.3, 0.4) is 0 Å². The minimum Gasteiger partial charge on any atom is -0.326 e. The molecule has 0 aromatic heterocycles. The summed E-state index contributed by atoms with van der Waals surface area (Å²) >= 11 is 0. The molecule has 0 aliphatic heterocycles. The molecule has 7 heteroatoms. The van der Waals surface area contributed by atoms with Crippen LogP contribution in [0, 0.1) is 11.6 Å². The standard InChI is InChI=1S/C12H18F2N2O2S/c1-4-16(8(2)3)19(17,18)11-6-9(7-15)5-10(13)12(11)14/h5-6,8H,4,7,15H2,1-3H3. The van der Waals surface area contributed by atoms with Crippen molar-refractivity contribution in [3.8, 4) is 0 Å². The molecule has 0 bridgehead atoms. The van der Waals surface area contributed by atoms with Gasteiger partial charge in [-0.15, -0.1) is 0 Å². The highest BCUT2D eigenvalue weighted by Crippen LogP contribution is 2.24. The Morgan fingerprint density at radius 3 is 2.32 bits per heavy atom. The second-order valence-electron chi connectivity index (χ2n) is 4.40. The zero-order chi connectivity index (χ0) is 14.8. The molecule has 0 radical (unpaired) electrons. The second kappa shape index (κ2) is 5.94. The fourth-order valence-electron chi connectivity index (χ4n) is 1.86. The smallest absolute Gasteiger partial charge is 0.246 e. The summed E-state index contributed by atoms with van der Waals surface area (Å²) in [4.78, 5) is -0.663. The Bertz CT molecular complexity index is 559. The Morgan fingerprint density at radius 2 is 1.89 bits per heavy atom. The molecule has 2 N–H and O–H groups in total. The summed E-state index contributed by atoms with van der Waals surface area (Å²) in [5.41, 5.74) is 5.59. The molecular formula is C12H18F2N2O2S. The summed E-state index contributed by atoms with van der Waals surface area (Å²) in [6.45, 7) is 5.09. The van der Waals surface area contributed by atoms with Crippen LogP contribution < -0.4 is 5.73 Å². The molecule has 1 aromatic rings. The molecule has 1 rings (SSSR count). The first kappa shape index (κ1) is 16.0. The van der Waals surface area contributed by atoms with E-state index in [1.54, 1.807) is 20.8 Å². The lowest BCUT2D eigenvalue weighted by Crippen LogP contribution is -2.37. The molecule has 0 spiro atoms. The monoisotopic (exact) mass is 292 g/mol. The van der Waals surface area contributed by atoms with Gasteiger partial charge in [0.2, 0.25) is 10.0 Å². The normalized spacial score (nSPS) is 12.4. The highest BCUT2D eigenvalue weighted by molar-refractivity contribution is 7.89. The van der Waals surface area contributed by atoms with E-state index >= 15 is 0 Å². The number of rotatable bonds is 5. The van der Waals surface area contributed by atoms with Crippen LogP contribution in [-0.2, 0) is 16.6 Å². The fourth-order valence-corrected chi connectivity index (χ4v) is 3.63. The first-order chi connectivity index (χ1) is 8.75. The van der Waals surface area contributed by atoms with Crippen LogP contribution in [0.25, 0.3) is 0 Å². The maximum absolute atomic E-state index is 13.8. The molecular weight excluding hydrogens is 274 g/mol. The lowest BCUT2D eigenvalue weighted by molar-refractivity contribution is 0.365. The fraction of sp³-hybridized carbons (Fsp3) is 0.500. The average molecular weight is 292 g/mol. The number of sulfonamides is 1. The van der Waals surface area contributed by atoms with Crippen LogP contribution in [0.5, 0.6) is 0 Å². The van der Waals surface area contributed by atoms with Gasteiger partial charge in [-0.25, -0.2) is 17.2 Å². The molecule has 0 saturated heterocycles. The van der Waals surface area contributed by atoms with Crippen molar-refractivity contribution in [3.63, 3.8) is 0 Å². The maximum atomic E-state index is 13.8. The summed E-state index contributed by atoms with van der Waals surface area (Å²) in [6, 6.07) is 1.64. The zero-order valence-electron chi connectivity index (χ0n) is 11.2. The van der Waals surface area contributed by atoms with Gasteiger partial charge in [-0.2, -0.15) is 4.31 Å². The maximum Gasteiger partial charge on any atom is 0.246 e. The van der Waals surface area contributed by atoms with Crippen LogP contribution in [-0.4, -0.2) is 25.3 Å². The predicted molar refractivity (Wildman–Crippen MR) is 69.0 cm³/mol. The molecule has 0 aliphatic rings. The Kier molecular flexibility index (Phi) is 5.00. The molecule has 0 aliphatic carbocycles. The summed E-state index contributed by atoms with van der Waals surface area (Å²) in [5.74, 6) is -2.57. The largest absolute Gasteiger partial charge is 0.326 e. The lowest BCUT2D eigenvalue weighted by atomic mass is 10.2. The highest BCUT2D eigenvalue weighted by atomic mass is 32.2. The van der Waals surface area contributed by atoms with Gasteiger partial charge in [0.1, 0.15) is 4.90 Å². The summed E-state index contributed by atoms with van der Waals surface area (Å²) < 4.78 is 52.9. The lowest BCUT2D eigenvalue weighted by Gasteiger charge is -2.24. The molecule has 4 nitrogen and oxygen atoms in total. The van der Waals surface area contributed by atoms with Crippen molar-refractivity contribution in [2.45, 2.75) is 38.3 Å². The van der Waals surface area contributed by atoms with Gasteiger partial charge < -0.3 is 5.73 Å². The van der Waals surface area contributed by atoms with E-state index in [-0.39, 0.29) is 24.7 Å². The molecule has 1 aromatic carbocycles. The third kappa shape index (κ3) is 3.10. The van der Waals surface area contributed by atoms with Crippen molar-refractivity contribution in [1.29, 1.82) is 0 Å². The number of hydrogen-bond donors (Lipinski definition) is 1. The molecule has 0 atom stereocenters. The Balaban J connectivity index is 3.47. The molecule has 0 amide bonds. The number of benzene rings is 1. The minimum absolute atomic E-state index is 0.0620. The van der Waals surface area contributed by atoms with Crippen LogP contribution >= 0.6 is 0 Å². The van der Waals surface area contributed by atoms with E-state index in [2.05, 4.69) is 0 Å². The number of nitrogens with two attached hydrogens (primary N) is 1. The Labute approximate surface area is 112 Å². The van der Waals surface area contributed by atoms with Gasteiger partial charge in [0.15, 0.2) is 11.6 Å². The van der Waals surface area contributed by atoms with Crippen molar-refractivity contribution in [3.05, 3.63) is 29.3 Å². The molecule has 108 valence electrons. The van der Waals surface area contributed by atoms with Gasteiger partial charge in [0.25, 0.3) is 0 Å². The van der Waals surface area contributed by atoms with Crippen molar-refractivity contribution in [1.82, 2.24) is 4.31 Å². The Hall–Kier alpha value is -1.05. The molecule has 0 unspecified atom stereocenters. The van der Waals surface area contributed by atoms with E-state index in [1.807, 2.05) is 0 Å². The zero-order valence-corrected chi connectivity index (χ0v) is 12.0. The van der Waals surface area contributed by atoms with Crippen molar-refractivity contribution in [2.75, 3.05) is 6.54 Å². The third-order valence-electron chi connectivity index (χ3n) is 2.76. The van der Waals surface area contributed by atoms with Gasteiger partial charge in [-0.3, -0.25) is 0 Å². The molecule has 19 heavy (non-hydrogen) atoms. The van der Waals surface area contributed by atoms with Crippen LogP contribution in [0.15, 0.2) is 17.0 Å². The van der Waals surface area contributed by atoms with Crippen LogP contribution in [0.2, 0.25) is 0 Å². The first-order valence-corrected chi connectivity index (χ1v) is 7.39. The van der Waals surface area contributed by atoms with E-state index in [0.29, 0.717) is 0 Å². The van der Waals surface area contributed by atoms with Crippen LogP contribution in [0.1, 0.15) is 26.3 Å². The quantitative estimate of drug-likeness (QED) is 0.900. The van der Waals surface area contributed by atoms with E-state index in [9.17, 15) is 17.2 Å². The summed E-state index contributed by atoms with van der Waals surface area (Å²) in [7, 11) is -4.07. The third-order valence-corrected chi connectivity index (χ3v) is 4.91. The average Bonchev–Trinajstić information content (AvgIpc) is 2.32. The second-order valence-corrected chi connectivity index (χ2v) is 6.25. The van der Waals surface area contributed by atoms with E-state index < -0.39 is 26.6 Å². The van der Waals surface area contributed by atoms with Crippen molar-refractivity contribution >= 4 is 10.0 Å². The van der Waals surface area contributed by atoms with Gasteiger partial charge in [-0.05, 0) is 31.5 Å². The van der Waals surface area contributed by atoms with Gasteiger partial charge in [-0.1, -0.05) is 6.92 Å². The number of nitrogens with zero attached hydrogens (tertiary/aromatic N) is 1. The highest BCUT2D eigenvalue weighted by Gasteiger charge is 2.30. The first-order valence-electron chi connectivity index (χ1n) is 5.95. The topological polar surface area (TPSA) is 63.4 Å². The van der Waals surface area contributed by atoms with Crippen LogP contribution in [0.4, 0.5) is 8.78 Å². The van der Waals surface area contributed by atoms with Crippen molar-refractivity contribution < 1.29 is 17.2 Å². The molecule has 0 heterocycles. The van der Waals surface area contributed by atoms with Gasteiger partial charge in [0, 0.05) is 19.1 Å². The summed E-state index contributed by atoms with van der Waals surface area (Å²) in [6.07, 6.45) is 0. The predicted octanol–water partition coefficient (Wildman–Crippen LogP) is 1.84. The van der Waals surface area contributed by atoms with E-state index in [0.717, 1.165) is 16.4 Å². The SMILES string of the molecule is CCN(C(C)C)S(=O)(=O)c1cc(CN)cc(F)c1F. The van der Waals surface area contributed by atoms with Crippen molar-refractivity contribution in [2.24, 2.45) is 5.73 Å². The van der Waals surface area contributed by atoms with Gasteiger partial charge in [0.05, 0.1) is 0 Å². The Morgan fingerprint density at radius 1 is 1.32 bits per heavy atom. The summed E-state index contributed by atoms with van der Waals surface area (Å²) in [5, 5.41) is 0. The molecule has 0 saturated carbocycles. The number of halogens is 2. The van der Waals surface area contributed by atoms with Gasteiger partial charge >= 0.3 is 0 Å². The molecule has 0 fully saturated rings. The van der Waals surface area contributed by atoms with E-state index in [1.165, 1.54) is 0 Å². The minimum atomic E-state index is -4.07. The van der Waals surface area contributed by atoms with E-state index in [4.69, 9.17) is 5.73 Å².